The Bertz CT molecular complexity index is 384. The van der Waals surface area contributed by atoms with Gasteiger partial charge in [-0.05, 0) is 18.1 Å². The van der Waals surface area contributed by atoms with Crippen molar-refractivity contribution in [3.63, 3.8) is 0 Å². The van der Waals surface area contributed by atoms with Crippen LogP contribution in [0.3, 0.4) is 0 Å². The molecule has 3 heteroatoms. The van der Waals surface area contributed by atoms with E-state index in [2.05, 4.69) is 17.0 Å². The number of ketones is 1. The number of nitrogens with zero attached hydrogens (tertiary/aromatic N) is 1. The maximum atomic E-state index is 11.1. The van der Waals surface area contributed by atoms with Crippen LogP contribution in [0.25, 0.3) is 0 Å². The number of carbonyl (C=O) groups is 1. The Labute approximate surface area is 102 Å². The summed E-state index contributed by atoms with van der Waals surface area (Å²) in [6.07, 6.45) is 0.539. The highest BCUT2D eigenvalue weighted by Crippen LogP contribution is 2.10. The summed E-state index contributed by atoms with van der Waals surface area (Å²) in [5.41, 5.74) is 2.40. The van der Waals surface area contributed by atoms with E-state index in [1.807, 2.05) is 12.1 Å². The molecule has 2 rings (SSSR count). The number of hydrogen-bond acceptors (Lipinski definition) is 3. The first-order chi connectivity index (χ1) is 8.24. The van der Waals surface area contributed by atoms with Crippen LogP contribution in [-0.4, -0.2) is 37.0 Å². The van der Waals surface area contributed by atoms with Gasteiger partial charge in [0.15, 0.2) is 0 Å². The van der Waals surface area contributed by atoms with Crippen molar-refractivity contribution in [2.45, 2.75) is 19.9 Å². The summed E-state index contributed by atoms with van der Waals surface area (Å²) in [7, 11) is 0. The van der Waals surface area contributed by atoms with E-state index >= 15 is 0 Å². The lowest BCUT2D eigenvalue weighted by Gasteiger charge is -2.26. The number of hydrogen-bond donors (Lipinski definition) is 0. The molecule has 0 unspecified atom stereocenters. The third-order valence-corrected chi connectivity index (χ3v) is 2.95. The van der Waals surface area contributed by atoms with E-state index in [0.29, 0.717) is 6.42 Å². The Balaban J connectivity index is 1.97. The Hall–Kier alpha value is -1.19. The smallest absolute Gasteiger partial charge is 0.134 e. The number of Topliss-reactive ketones (excluding diaryl/α,β-unsaturated/α-hetero) is 1. The van der Waals surface area contributed by atoms with Crippen LogP contribution < -0.4 is 0 Å². The predicted molar refractivity (Wildman–Crippen MR) is 66.9 cm³/mol. The van der Waals surface area contributed by atoms with Crippen LogP contribution in [0.5, 0.6) is 0 Å². The van der Waals surface area contributed by atoms with Gasteiger partial charge in [0.05, 0.1) is 13.2 Å². The second-order valence-electron chi connectivity index (χ2n) is 4.59. The van der Waals surface area contributed by atoms with Gasteiger partial charge in [0.25, 0.3) is 0 Å². The lowest BCUT2D eigenvalue weighted by molar-refractivity contribution is -0.116. The highest BCUT2D eigenvalue weighted by atomic mass is 16.5. The van der Waals surface area contributed by atoms with Gasteiger partial charge in [-0.2, -0.15) is 0 Å². The maximum Gasteiger partial charge on any atom is 0.134 e. The first-order valence-electron chi connectivity index (χ1n) is 6.11. The van der Waals surface area contributed by atoms with E-state index in [1.165, 1.54) is 5.56 Å². The van der Waals surface area contributed by atoms with E-state index in [0.717, 1.165) is 38.4 Å². The van der Waals surface area contributed by atoms with Crippen molar-refractivity contribution in [1.82, 2.24) is 4.90 Å². The van der Waals surface area contributed by atoms with Crippen molar-refractivity contribution in [1.29, 1.82) is 0 Å². The van der Waals surface area contributed by atoms with Gasteiger partial charge in [0, 0.05) is 26.1 Å². The molecule has 1 aromatic rings. The summed E-state index contributed by atoms with van der Waals surface area (Å²) in [6, 6.07) is 8.31. The minimum Gasteiger partial charge on any atom is -0.379 e. The molecule has 1 heterocycles. The molecule has 3 nitrogen and oxygen atoms in total. The third kappa shape index (κ3) is 3.95. The molecule has 0 radical (unpaired) electrons. The van der Waals surface area contributed by atoms with Crippen LogP contribution in [0.1, 0.15) is 18.1 Å². The Morgan fingerprint density at radius 3 is 2.71 bits per heavy atom. The molecule has 1 saturated heterocycles. The molecule has 17 heavy (non-hydrogen) atoms. The quantitative estimate of drug-likeness (QED) is 0.792. The van der Waals surface area contributed by atoms with E-state index in [1.54, 1.807) is 6.92 Å². The van der Waals surface area contributed by atoms with Crippen LogP contribution in [0.15, 0.2) is 24.3 Å². The Kier molecular flexibility index (Phi) is 4.29. The lowest BCUT2D eigenvalue weighted by atomic mass is 10.1. The van der Waals surface area contributed by atoms with Gasteiger partial charge in [-0.1, -0.05) is 24.3 Å². The van der Waals surface area contributed by atoms with E-state index in [-0.39, 0.29) is 5.78 Å². The molecule has 0 aliphatic carbocycles. The molecule has 0 N–H and O–H groups in total. The van der Waals surface area contributed by atoms with Gasteiger partial charge < -0.3 is 4.74 Å². The molecule has 0 atom stereocenters. The van der Waals surface area contributed by atoms with Crippen molar-refractivity contribution in [3.05, 3.63) is 35.4 Å². The summed E-state index contributed by atoms with van der Waals surface area (Å²) < 4.78 is 5.33. The molecular formula is C14H19NO2. The first-order valence-corrected chi connectivity index (χ1v) is 6.11. The van der Waals surface area contributed by atoms with Gasteiger partial charge in [0.2, 0.25) is 0 Å². The van der Waals surface area contributed by atoms with Crippen LogP contribution in [0.2, 0.25) is 0 Å². The van der Waals surface area contributed by atoms with E-state index in [4.69, 9.17) is 4.74 Å². The normalized spacial score (nSPS) is 17.0. The lowest BCUT2D eigenvalue weighted by Crippen LogP contribution is -2.35. The summed E-state index contributed by atoms with van der Waals surface area (Å²) in [6.45, 7) is 6.23. The molecule has 0 amide bonds. The zero-order valence-electron chi connectivity index (χ0n) is 10.3. The third-order valence-electron chi connectivity index (χ3n) is 2.95. The summed E-state index contributed by atoms with van der Waals surface area (Å²) >= 11 is 0. The summed E-state index contributed by atoms with van der Waals surface area (Å²) in [5, 5.41) is 0. The maximum absolute atomic E-state index is 11.1. The van der Waals surface area contributed by atoms with Crippen LogP contribution in [0, 0.1) is 0 Å². The van der Waals surface area contributed by atoms with Crippen LogP contribution in [0.4, 0.5) is 0 Å². The van der Waals surface area contributed by atoms with Crippen LogP contribution in [-0.2, 0) is 22.5 Å². The van der Waals surface area contributed by atoms with Gasteiger partial charge in [0.1, 0.15) is 5.78 Å². The van der Waals surface area contributed by atoms with Crippen molar-refractivity contribution in [2.75, 3.05) is 26.3 Å². The number of ether oxygens (including phenoxy) is 1. The minimum atomic E-state index is 0.216. The second-order valence-corrected chi connectivity index (χ2v) is 4.59. The second kappa shape index (κ2) is 5.94. The zero-order valence-corrected chi connectivity index (χ0v) is 10.3. The minimum absolute atomic E-state index is 0.216. The fourth-order valence-corrected chi connectivity index (χ4v) is 2.14. The fraction of sp³-hybridized carbons (Fsp3) is 0.500. The van der Waals surface area contributed by atoms with Crippen molar-refractivity contribution in [3.8, 4) is 0 Å². The average molecular weight is 233 g/mol. The van der Waals surface area contributed by atoms with Crippen molar-refractivity contribution < 1.29 is 9.53 Å². The molecule has 1 aliphatic rings. The van der Waals surface area contributed by atoms with Crippen molar-refractivity contribution in [2.24, 2.45) is 0 Å². The number of benzene rings is 1. The summed E-state index contributed by atoms with van der Waals surface area (Å²) in [5.74, 6) is 0.216. The molecule has 1 fully saturated rings. The molecule has 0 aromatic heterocycles. The number of morpholine rings is 1. The first kappa shape index (κ1) is 12.3. The predicted octanol–water partition coefficient (Wildman–Crippen LogP) is 1.65. The monoisotopic (exact) mass is 233 g/mol. The Morgan fingerprint density at radius 1 is 1.29 bits per heavy atom. The SMILES string of the molecule is CC(=O)Cc1cccc(CN2CCOCC2)c1. The molecule has 0 bridgehead atoms. The number of rotatable bonds is 4. The fourth-order valence-electron chi connectivity index (χ4n) is 2.14. The highest BCUT2D eigenvalue weighted by Gasteiger charge is 2.10. The molecule has 1 aromatic carbocycles. The summed E-state index contributed by atoms with van der Waals surface area (Å²) in [4.78, 5) is 13.5. The van der Waals surface area contributed by atoms with E-state index < -0.39 is 0 Å². The van der Waals surface area contributed by atoms with Gasteiger partial charge in [-0.3, -0.25) is 9.69 Å². The molecule has 92 valence electrons. The topological polar surface area (TPSA) is 29.5 Å². The average Bonchev–Trinajstić information content (AvgIpc) is 2.30. The highest BCUT2D eigenvalue weighted by molar-refractivity contribution is 5.78. The number of carbonyl (C=O) groups excluding carboxylic acids is 1. The zero-order chi connectivity index (χ0) is 12.1. The van der Waals surface area contributed by atoms with Crippen LogP contribution >= 0.6 is 0 Å². The molecule has 0 spiro atoms. The van der Waals surface area contributed by atoms with Crippen molar-refractivity contribution >= 4 is 5.78 Å². The molecular weight excluding hydrogens is 214 g/mol. The standard InChI is InChI=1S/C14H19NO2/c1-12(16)9-13-3-2-4-14(10-13)11-15-5-7-17-8-6-15/h2-4,10H,5-9,11H2,1H3. The molecule has 1 aliphatic heterocycles. The Morgan fingerprint density at radius 2 is 2.00 bits per heavy atom. The van der Waals surface area contributed by atoms with Gasteiger partial charge >= 0.3 is 0 Å². The molecule has 0 saturated carbocycles. The van der Waals surface area contributed by atoms with E-state index in [9.17, 15) is 4.79 Å². The van der Waals surface area contributed by atoms with Gasteiger partial charge in [-0.15, -0.1) is 0 Å². The van der Waals surface area contributed by atoms with Gasteiger partial charge in [-0.25, -0.2) is 0 Å². The largest absolute Gasteiger partial charge is 0.379 e.